The van der Waals surface area contributed by atoms with E-state index in [1.165, 1.54) is 11.1 Å². The molecule has 4 nitrogen and oxygen atoms in total. The summed E-state index contributed by atoms with van der Waals surface area (Å²) in [5.41, 5.74) is 1.84. The summed E-state index contributed by atoms with van der Waals surface area (Å²) in [7, 11) is 0. The summed E-state index contributed by atoms with van der Waals surface area (Å²) < 4.78 is 0. The highest BCUT2D eigenvalue weighted by molar-refractivity contribution is 5.76. The number of carbonyl (C=O) groups is 2. The summed E-state index contributed by atoms with van der Waals surface area (Å²) in [4.78, 5) is 21.9. The molecule has 0 spiro atoms. The van der Waals surface area contributed by atoms with E-state index in [4.69, 9.17) is 0 Å². The first-order chi connectivity index (χ1) is 11.1. The minimum atomic E-state index is -0.854. The van der Waals surface area contributed by atoms with Crippen molar-refractivity contribution < 1.29 is 19.8 Å². The van der Waals surface area contributed by atoms with E-state index in [0.29, 0.717) is 12.3 Å². The van der Waals surface area contributed by atoms with Crippen molar-refractivity contribution in [3.05, 3.63) is 23.3 Å². The van der Waals surface area contributed by atoms with E-state index in [2.05, 4.69) is 12.2 Å². The van der Waals surface area contributed by atoms with Crippen LogP contribution in [0.2, 0.25) is 0 Å². The number of carbonyl (C=O) groups excluding carboxylic acids is 2. The number of carboxylic acids is 2. The molecule has 0 amide bonds. The first-order valence-electron chi connectivity index (χ1n) is 8.93. The third kappa shape index (κ3) is 2.60. The lowest BCUT2D eigenvalue weighted by atomic mass is 9.59. The van der Waals surface area contributed by atoms with Gasteiger partial charge in [-0.1, -0.05) is 44.1 Å². The fourth-order valence-corrected chi connectivity index (χ4v) is 5.26. The van der Waals surface area contributed by atoms with Crippen LogP contribution in [0.25, 0.3) is 0 Å². The molecule has 0 heterocycles. The number of hydrogen-bond donors (Lipinski definition) is 0. The largest absolute Gasteiger partial charge is 0.550 e. The zero-order chi connectivity index (χ0) is 17.7. The molecule has 2 saturated carbocycles. The van der Waals surface area contributed by atoms with Crippen molar-refractivity contribution in [2.24, 2.45) is 28.6 Å². The minimum Gasteiger partial charge on any atom is -0.550 e. The van der Waals surface area contributed by atoms with Crippen LogP contribution in [-0.2, 0) is 9.59 Å². The molecule has 4 aliphatic carbocycles. The van der Waals surface area contributed by atoms with Crippen LogP contribution in [0.3, 0.4) is 0 Å². The summed E-state index contributed by atoms with van der Waals surface area (Å²) in [6.07, 6.45) is 9.73. The summed E-state index contributed by atoms with van der Waals surface area (Å²) in [5.74, 6) is -1.21. The van der Waals surface area contributed by atoms with Gasteiger partial charge in [-0.25, -0.2) is 0 Å². The summed E-state index contributed by atoms with van der Waals surface area (Å²) in [5, 5.41) is 21.9. The van der Waals surface area contributed by atoms with Gasteiger partial charge in [0.05, 0.1) is 0 Å². The van der Waals surface area contributed by atoms with Gasteiger partial charge in [-0.3, -0.25) is 0 Å². The smallest absolute Gasteiger partial charge is 0.0487 e. The van der Waals surface area contributed by atoms with Crippen molar-refractivity contribution in [2.75, 3.05) is 0 Å². The van der Waals surface area contributed by atoms with Crippen molar-refractivity contribution in [1.82, 2.24) is 0 Å². The molecule has 0 aromatic heterocycles. The number of aliphatic carboxylic acids is 2. The number of fused-ring (bicyclic) bond motifs is 4. The maximum atomic E-state index is 11.4. The number of rotatable bonds is 2. The number of allylic oxidation sites excluding steroid dienone is 4. The average Bonchev–Trinajstić information content (AvgIpc) is 3.25. The molecule has 132 valence electrons. The predicted molar refractivity (Wildman–Crippen MR) is 86.2 cm³/mol. The SMILES string of the molecule is CC(C)(C)C1(C(=O)[O-])CC2=CCC1C2.O=C([O-])C1CC2=CCC1C2. The molecule has 0 saturated heterocycles. The number of carboxylic acid groups (broad SMARTS) is 2. The van der Waals surface area contributed by atoms with Crippen molar-refractivity contribution in [1.29, 1.82) is 0 Å². The Bertz CT molecular complexity index is 622. The topological polar surface area (TPSA) is 80.3 Å². The van der Waals surface area contributed by atoms with Gasteiger partial charge in [0.25, 0.3) is 0 Å². The van der Waals surface area contributed by atoms with E-state index >= 15 is 0 Å². The summed E-state index contributed by atoms with van der Waals surface area (Å²) in [6.45, 7) is 6.05. The second-order valence-corrected chi connectivity index (χ2v) is 8.88. The maximum Gasteiger partial charge on any atom is 0.0487 e. The van der Waals surface area contributed by atoms with E-state index in [1.54, 1.807) is 0 Å². The molecule has 24 heavy (non-hydrogen) atoms. The molecule has 0 aromatic carbocycles. The van der Waals surface area contributed by atoms with Gasteiger partial charge in [0, 0.05) is 23.3 Å². The van der Waals surface area contributed by atoms with E-state index < -0.39 is 17.4 Å². The van der Waals surface area contributed by atoms with Crippen LogP contribution in [0.15, 0.2) is 23.3 Å². The molecule has 4 aliphatic rings. The Morgan fingerprint density at radius 1 is 1.04 bits per heavy atom. The lowest BCUT2D eigenvalue weighted by molar-refractivity contribution is -0.327. The molecule has 0 radical (unpaired) electrons. The molecule has 2 fully saturated rings. The summed E-state index contributed by atoms with van der Waals surface area (Å²) >= 11 is 0. The van der Waals surface area contributed by atoms with Crippen LogP contribution in [-0.4, -0.2) is 11.9 Å². The quantitative estimate of drug-likeness (QED) is 0.720. The molecule has 0 aliphatic heterocycles. The van der Waals surface area contributed by atoms with Gasteiger partial charge in [0.2, 0.25) is 0 Å². The van der Waals surface area contributed by atoms with E-state index in [9.17, 15) is 19.8 Å². The zero-order valence-electron chi connectivity index (χ0n) is 14.8. The highest BCUT2D eigenvalue weighted by atomic mass is 16.4. The third-order valence-corrected chi connectivity index (χ3v) is 6.69. The molecule has 4 heteroatoms. The Morgan fingerprint density at radius 2 is 1.71 bits per heavy atom. The molecule has 0 aromatic rings. The lowest BCUT2D eigenvalue weighted by Crippen LogP contribution is -2.53. The molecule has 4 unspecified atom stereocenters. The third-order valence-electron chi connectivity index (χ3n) is 6.69. The van der Waals surface area contributed by atoms with Gasteiger partial charge >= 0.3 is 0 Å². The van der Waals surface area contributed by atoms with Crippen LogP contribution in [0.4, 0.5) is 0 Å². The van der Waals surface area contributed by atoms with Gasteiger partial charge in [0.15, 0.2) is 0 Å². The Morgan fingerprint density at radius 3 is 1.96 bits per heavy atom. The Kier molecular flexibility index (Phi) is 4.13. The van der Waals surface area contributed by atoms with Crippen LogP contribution < -0.4 is 10.2 Å². The van der Waals surface area contributed by atoms with Crippen LogP contribution >= 0.6 is 0 Å². The van der Waals surface area contributed by atoms with E-state index in [1.807, 2.05) is 20.8 Å². The molecular formula is C20H26O4-2. The van der Waals surface area contributed by atoms with Gasteiger partial charge < -0.3 is 19.8 Å². The Labute approximate surface area is 143 Å². The first kappa shape index (κ1) is 17.2. The van der Waals surface area contributed by atoms with Gasteiger partial charge in [-0.2, -0.15) is 0 Å². The van der Waals surface area contributed by atoms with Gasteiger partial charge in [-0.15, -0.1) is 0 Å². The fourth-order valence-electron chi connectivity index (χ4n) is 5.26. The summed E-state index contributed by atoms with van der Waals surface area (Å²) in [6, 6.07) is 0. The highest BCUT2D eigenvalue weighted by Gasteiger charge is 2.54. The van der Waals surface area contributed by atoms with Crippen LogP contribution in [0.5, 0.6) is 0 Å². The van der Waals surface area contributed by atoms with Crippen molar-refractivity contribution in [3.8, 4) is 0 Å². The second-order valence-electron chi connectivity index (χ2n) is 8.88. The highest BCUT2D eigenvalue weighted by Crippen LogP contribution is 2.60. The molecule has 4 atom stereocenters. The molecular weight excluding hydrogens is 304 g/mol. The average molecular weight is 330 g/mol. The zero-order valence-corrected chi connectivity index (χ0v) is 14.8. The lowest BCUT2D eigenvalue weighted by Gasteiger charge is -2.47. The van der Waals surface area contributed by atoms with Crippen molar-refractivity contribution in [2.45, 2.75) is 59.3 Å². The van der Waals surface area contributed by atoms with Gasteiger partial charge in [-0.05, 0) is 55.8 Å². The van der Waals surface area contributed by atoms with Gasteiger partial charge in [0.1, 0.15) is 0 Å². The number of hydrogen-bond acceptors (Lipinski definition) is 4. The Hall–Kier alpha value is -1.58. The second kappa shape index (κ2) is 5.75. The minimum absolute atomic E-state index is 0.167. The van der Waals surface area contributed by atoms with E-state index in [0.717, 1.165) is 32.1 Å². The van der Waals surface area contributed by atoms with Crippen LogP contribution in [0.1, 0.15) is 59.3 Å². The maximum absolute atomic E-state index is 11.4. The monoisotopic (exact) mass is 330 g/mol. The van der Waals surface area contributed by atoms with Crippen molar-refractivity contribution >= 4 is 11.9 Å². The van der Waals surface area contributed by atoms with Crippen LogP contribution in [0, 0.1) is 28.6 Å². The molecule has 4 bridgehead atoms. The van der Waals surface area contributed by atoms with Crippen molar-refractivity contribution in [3.63, 3.8) is 0 Å². The fraction of sp³-hybridized carbons (Fsp3) is 0.700. The standard InChI is InChI=1S/C12H18O2.C8H10O2/c1-11(2,3)12(10(13)14)7-8-4-5-9(12)6-8;9-8(10)7-4-5-1-2-6(7)3-5/h4,9H,5-7H2,1-3H3,(H,13,14);1,6-7H,2-4H2,(H,9,10)/p-2. The molecule has 0 N–H and O–H groups in total. The predicted octanol–water partition coefficient (Wildman–Crippen LogP) is 1.60. The normalized spacial score (nSPS) is 36.0. The molecule has 4 rings (SSSR count). The first-order valence-corrected chi connectivity index (χ1v) is 8.93. The Balaban J connectivity index is 0.000000149. The van der Waals surface area contributed by atoms with E-state index in [-0.39, 0.29) is 17.3 Å².